The first-order valence-corrected chi connectivity index (χ1v) is 12.3. The zero-order valence-electron chi connectivity index (χ0n) is 21.0. The number of aromatic nitrogens is 2. The maximum atomic E-state index is 14.5. The molecular weight excluding hydrogens is 467 g/mol. The highest BCUT2D eigenvalue weighted by molar-refractivity contribution is 6.30. The highest BCUT2D eigenvalue weighted by Crippen LogP contribution is 2.25. The number of nitrogens with zero attached hydrogens (tertiary/aromatic N) is 2. The molecule has 0 unspecified atom stereocenters. The van der Waals surface area contributed by atoms with Gasteiger partial charge in [-0.1, -0.05) is 45.4 Å². The number of anilines is 1. The fraction of sp³-hybridized carbons (Fsp3) is 0.407. The van der Waals surface area contributed by atoms with Crippen LogP contribution in [0.3, 0.4) is 0 Å². The first-order valence-electron chi connectivity index (χ1n) is 11.9. The number of carbonyl (C=O) groups is 1. The van der Waals surface area contributed by atoms with Crippen LogP contribution in [0, 0.1) is 24.6 Å². The first-order chi connectivity index (χ1) is 16.6. The van der Waals surface area contributed by atoms with Gasteiger partial charge in [0.2, 0.25) is 0 Å². The molecule has 8 heteroatoms. The van der Waals surface area contributed by atoms with Crippen molar-refractivity contribution in [2.75, 3.05) is 18.5 Å². The van der Waals surface area contributed by atoms with Gasteiger partial charge < -0.3 is 15.4 Å². The minimum absolute atomic E-state index is 0.238. The maximum absolute atomic E-state index is 14.5. The Labute approximate surface area is 211 Å². The summed E-state index contributed by atoms with van der Waals surface area (Å²) in [6, 6.07) is 11.8. The molecule has 0 atom stereocenters. The lowest BCUT2D eigenvalue weighted by atomic mass is 10.1. The van der Waals surface area contributed by atoms with Gasteiger partial charge in [-0.25, -0.2) is 4.39 Å². The van der Waals surface area contributed by atoms with Gasteiger partial charge in [0, 0.05) is 40.0 Å². The highest BCUT2D eigenvalue weighted by atomic mass is 35.5. The summed E-state index contributed by atoms with van der Waals surface area (Å²) in [6.45, 7) is 12.5. The van der Waals surface area contributed by atoms with Crippen LogP contribution >= 0.6 is 11.6 Å². The standard InChI is InChI=1S/C27H34ClFN4O2/c1-17(2)13-30-14-21-7-6-20(12-24(21)29)27(34)31-26-10-19(5)33(32-26)15-22-11-23(28)8-9-25(22)35-16-18(3)4/h6-12,17-18,30H,13-16H2,1-5H3,(H,31,32,34). The molecule has 35 heavy (non-hydrogen) atoms. The van der Waals surface area contributed by atoms with Crippen LogP contribution in [-0.2, 0) is 13.1 Å². The van der Waals surface area contributed by atoms with E-state index in [1.54, 1.807) is 28.9 Å². The average molecular weight is 501 g/mol. The van der Waals surface area contributed by atoms with E-state index in [0.717, 1.165) is 23.6 Å². The Hall–Kier alpha value is -2.90. The SMILES string of the molecule is Cc1cc(NC(=O)c2ccc(CNCC(C)C)c(F)c2)nn1Cc1cc(Cl)ccc1OCC(C)C. The molecule has 188 valence electrons. The van der Waals surface area contributed by atoms with Gasteiger partial charge in [-0.15, -0.1) is 0 Å². The third-order valence-corrected chi connectivity index (χ3v) is 5.56. The van der Waals surface area contributed by atoms with Crippen molar-refractivity contribution in [2.24, 2.45) is 11.8 Å². The molecule has 3 rings (SSSR count). The molecule has 0 fully saturated rings. The van der Waals surface area contributed by atoms with Crippen molar-refractivity contribution in [1.82, 2.24) is 15.1 Å². The van der Waals surface area contributed by atoms with Crippen LogP contribution in [0.15, 0.2) is 42.5 Å². The number of hydrogen-bond acceptors (Lipinski definition) is 4. The zero-order valence-corrected chi connectivity index (χ0v) is 21.7. The molecule has 0 bridgehead atoms. The largest absolute Gasteiger partial charge is 0.493 e. The number of hydrogen-bond donors (Lipinski definition) is 2. The summed E-state index contributed by atoms with van der Waals surface area (Å²) >= 11 is 6.22. The third kappa shape index (κ3) is 7.80. The summed E-state index contributed by atoms with van der Waals surface area (Å²) in [4.78, 5) is 12.7. The molecule has 0 aliphatic rings. The van der Waals surface area contributed by atoms with Gasteiger partial charge in [-0.3, -0.25) is 9.48 Å². The van der Waals surface area contributed by atoms with Gasteiger partial charge in [0.15, 0.2) is 5.82 Å². The van der Waals surface area contributed by atoms with Gasteiger partial charge in [-0.05, 0) is 55.6 Å². The first kappa shape index (κ1) is 26.7. The Morgan fingerprint density at radius 3 is 2.54 bits per heavy atom. The number of carbonyl (C=O) groups excluding carboxylic acids is 1. The van der Waals surface area contributed by atoms with Crippen LogP contribution in [0.5, 0.6) is 5.75 Å². The van der Waals surface area contributed by atoms with Crippen LogP contribution in [0.4, 0.5) is 10.2 Å². The van der Waals surface area contributed by atoms with Gasteiger partial charge in [0.05, 0.1) is 13.2 Å². The summed E-state index contributed by atoms with van der Waals surface area (Å²) in [6.07, 6.45) is 0. The summed E-state index contributed by atoms with van der Waals surface area (Å²) in [5.74, 6) is 1.18. The van der Waals surface area contributed by atoms with Crippen LogP contribution in [0.25, 0.3) is 0 Å². The zero-order chi connectivity index (χ0) is 25.5. The number of nitrogens with one attached hydrogen (secondary N) is 2. The Balaban J connectivity index is 1.69. The molecule has 6 nitrogen and oxygen atoms in total. The minimum atomic E-state index is -0.418. The van der Waals surface area contributed by atoms with Crippen molar-refractivity contribution in [3.05, 3.63) is 75.7 Å². The smallest absolute Gasteiger partial charge is 0.256 e. The number of benzene rings is 2. The average Bonchev–Trinajstić information content (AvgIpc) is 3.12. The molecular formula is C27H34ClFN4O2. The van der Waals surface area contributed by atoms with Crippen molar-refractivity contribution >= 4 is 23.3 Å². The highest BCUT2D eigenvalue weighted by Gasteiger charge is 2.14. The summed E-state index contributed by atoms with van der Waals surface area (Å²) in [5.41, 5.74) is 2.51. The van der Waals surface area contributed by atoms with E-state index in [0.29, 0.717) is 47.9 Å². The Kier molecular flexibility index (Phi) is 9.29. The van der Waals surface area contributed by atoms with Crippen LogP contribution in [-0.4, -0.2) is 28.8 Å². The fourth-order valence-electron chi connectivity index (χ4n) is 3.48. The Morgan fingerprint density at radius 2 is 1.86 bits per heavy atom. The van der Waals surface area contributed by atoms with Gasteiger partial charge >= 0.3 is 0 Å². The normalized spacial score (nSPS) is 11.3. The topological polar surface area (TPSA) is 68.2 Å². The number of aryl methyl sites for hydroxylation is 1. The Morgan fingerprint density at radius 1 is 1.09 bits per heavy atom. The van der Waals surface area contributed by atoms with E-state index in [9.17, 15) is 9.18 Å². The molecule has 0 saturated heterocycles. The van der Waals surface area contributed by atoms with E-state index in [2.05, 4.69) is 43.4 Å². The number of halogens is 2. The molecule has 0 spiro atoms. The second-order valence-electron chi connectivity index (χ2n) is 9.57. The molecule has 3 aromatic rings. The van der Waals surface area contributed by atoms with E-state index in [1.807, 2.05) is 19.1 Å². The van der Waals surface area contributed by atoms with E-state index in [-0.39, 0.29) is 5.56 Å². The lowest BCUT2D eigenvalue weighted by Crippen LogP contribution is -2.20. The van der Waals surface area contributed by atoms with Crippen molar-refractivity contribution in [2.45, 2.75) is 47.7 Å². The lowest BCUT2D eigenvalue weighted by molar-refractivity contribution is 0.102. The minimum Gasteiger partial charge on any atom is -0.493 e. The van der Waals surface area contributed by atoms with Crippen molar-refractivity contribution in [3.63, 3.8) is 0 Å². The number of amides is 1. The fourth-order valence-corrected chi connectivity index (χ4v) is 3.67. The van der Waals surface area contributed by atoms with Crippen molar-refractivity contribution in [1.29, 1.82) is 0 Å². The van der Waals surface area contributed by atoms with Gasteiger partial charge in [0.1, 0.15) is 11.6 Å². The molecule has 2 aromatic carbocycles. The van der Waals surface area contributed by atoms with Gasteiger partial charge in [-0.2, -0.15) is 5.10 Å². The molecule has 0 aliphatic carbocycles. The van der Waals surface area contributed by atoms with Gasteiger partial charge in [0.25, 0.3) is 5.91 Å². The van der Waals surface area contributed by atoms with E-state index >= 15 is 0 Å². The van der Waals surface area contributed by atoms with E-state index in [1.165, 1.54) is 6.07 Å². The second kappa shape index (κ2) is 12.2. The molecule has 1 aromatic heterocycles. The molecule has 1 heterocycles. The molecule has 0 aliphatic heterocycles. The van der Waals surface area contributed by atoms with Crippen molar-refractivity contribution in [3.8, 4) is 5.75 Å². The maximum Gasteiger partial charge on any atom is 0.256 e. The quantitative estimate of drug-likeness (QED) is 0.335. The number of rotatable bonds is 11. The van der Waals surface area contributed by atoms with Crippen molar-refractivity contribution < 1.29 is 13.9 Å². The summed E-state index contributed by atoms with van der Waals surface area (Å²) in [7, 11) is 0. The monoisotopic (exact) mass is 500 g/mol. The van der Waals surface area contributed by atoms with Crippen LogP contribution in [0.2, 0.25) is 5.02 Å². The Bertz CT molecular complexity index is 1160. The number of ether oxygens (including phenoxy) is 1. The second-order valence-corrected chi connectivity index (χ2v) is 10.0. The predicted molar refractivity (Wildman–Crippen MR) is 139 cm³/mol. The molecule has 0 radical (unpaired) electrons. The lowest BCUT2D eigenvalue weighted by Gasteiger charge is -2.14. The summed E-state index contributed by atoms with van der Waals surface area (Å²) < 4.78 is 22.2. The van der Waals surface area contributed by atoms with E-state index in [4.69, 9.17) is 16.3 Å². The van der Waals surface area contributed by atoms with Crippen LogP contribution < -0.4 is 15.4 Å². The van der Waals surface area contributed by atoms with Crippen LogP contribution in [0.1, 0.15) is 54.9 Å². The molecule has 1 amide bonds. The predicted octanol–water partition coefficient (Wildman–Crippen LogP) is 6.07. The van der Waals surface area contributed by atoms with E-state index < -0.39 is 11.7 Å². The summed E-state index contributed by atoms with van der Waals surface area (Å²) in [5, 5.41) is 11.1. The third-order valence-electron chi connectivity index (χ3n) is 5.32. The molecule has 0 saturated carbocycles. The molecule has 2 N–H and O–H groups in total.